The Morgan fingerprint density at radius 1 is 0.875 bits per heavy atom. The van der Waals surface area contributed by atoms with Gasteiger partial charge in [-0.05, 0) is 36.5 Å². The summed E-state index contributed by atoms with van der Waals surface area (Å²) in [6, 6.07) is 8.28. The maximum absolute atomic E-state index is 11.7. The van der Waals surface area contributed by atoms with Crippen LogP contribution in [-0.2, 0) is 4.79 Å². The second kappa shape index (κ2) is 5.14. The van der Waals surface area contributed by atoms with Crippen molar-refractivity contribution in [2.75, 3.05) is 0 Å². The minimum absolute atomic E-state index is 0.243. The number of imide groups is 1. The minimum atomic E-state index is -0.425. The van der Waals surface area contributed by atoms with E-state index in [2.05, 4.69) is 16.0 Å². The summed E-state index contributed by atoms with van der Waals surface area (Å²) in [7, 11) is 0. The number of benzene rings is 1. The number of fused-ring (bicyclic) bond motifs is 1. The van der Waals surface area contributed by atoms with Crippen LogP contribution in [0.1, 0.15) is 26.5 Å². The molecule has 3 heterocycles. The maximum atomic E-state index is 11.7. The molecule has 118 valence electrons. The number of amides is 3. The van der Waals surface area contributed by atoms with Gasteiger partial charge in [0.15, 0.2) is 5.11 Å². The van der Waals surface area contributed by atoms with Gasteiger partial charge >= 0.3 is 0 Å². The molecule has 0 unspecified atom stereocenters. The Morgan fingerprint density at radius 2 is 1.67 bits per heavy atom. The monoisotopic (exact) mass is 339 g/mol. The Hall–Kier alpha value is -3.26. The molecule has 3 N–H and O–H groups in total. The molecule has 0 aliphatic carbocycles. The highest BCUT2D eigenvalue weighted by Gasteiger charge is 2.27. The first-order valence-electron chi connectivity index (χ1n) is 6.95. The van der Waals surface area contributed by atoms with Gasteiger partial charge in [-0.3, -0.25) is 25.0 Å². The van der Waals surface area contributed by atoms with Crippen LogP contribution in [-0.4, -0.2) is 22.8 Å². The van der Waals surface area contributed by atoms with E-state index in [1.54, 1.807) is 30.3 Å². The van der Waals surface area contributed by atoms with Crippen LogP contribution in [0.3, 0.4) is 0 Å². The third-order valence-electron chi connectivity index (χ3n) is 3.65. The summed E-state index contributed by atoms with van der Waals surface area (Å²) in [4.78, 5) is 34.9. The van der Waals surface area contributed by atoms with E-state index in [0.717, 1.165) is 0 Å². The molecular weight excluding hydrogens is 330 g/mol. The van der Waals surface area contributed by atoms with Crippen molar-refractivity contribution in [2.24, 2.45) is 0 Å². The van der Waals surface area contributed by atoms with Gasteiger partial charge in [0.05, 0.1) is 11.1 Å². The van der Waals surface area contributed by atoms with Crippen LogP contribution in [0, 0.1) is 0 Å². The number of hydrogen-bond donors (Lipinski definition) is 3. The third-order valence-corrected chi connectivity index (χ3v) is 3.86. The lowest BCUT2D eigenvalue weighted by Crippen LogP contribution is -2.21. The van der Waals surface area contributed by atoms with E-state index >= 15 is 0 Å². The average molecular weight is 339 g/mol. The Balaban J connectivity index is 1.67. The van der Waals surface area contributed by atoms with E-state index in [1.807, 2.05) is 0 Å². The van der Waals surface area contributed by atoms with Gasteiger partial charge in [0.2, 0.25) is 0 Å². The van der Waals surface area contributed by atoms with Crippen molar-refractivity contribution in [3.05, 3.63) is 52.9 Å². The summed E-state index contributed by atoms with van der Waals surface area (Å²) in [5, 5.41) is 7.67. The third kappa shape index (κ3) is 2.29. The summed E-state index contributed by atoms with van der Waals surface area (Å²) >= 11 is 4.86. The van der Waals surface area contributed by atoms with Crippen molar-refractivity contribution in [1.29, 1.82) is 0 Å². The Labute approximate surface area is 140 Å². The van der Waals surface area contributed by atoms with Crippen molar-refractivity contribution < 1.29 is 18.8 Å². The smallest absolute Gasteiger partial charge is 0.274 e. The molecule has 3 amide bonds. The van der Waals surface area contributed by atoms with E-state index in [-0.39, 0.29) is 11.0 Å². The molecule has 2 aliphatic heterocycles. The van der Waals surface area contributed by atoms with Crippen LogP contribution >= 0.6 is 12.2 Å². The van der Waals surface area contributed by atoms with Gasteiger partial charge in [0.1, 0.15) is 17.2 Å². The zero-order valence-electron chi connectivity index (χ0n) is 12.0. The van der Waals surface area contributed by atoms with Crippen LogP contribution < -0.4 is 16.0 Å². The number of nitrogens with one attached hydrogen (secondary N) is 3. The summed E-state index contributed by atoms with van der Waals surface area (Å²) in [6.07, 6.45) is 1.53. The molecule has 0 saturated carbocycles. The number of thiocarbonyl (C=S) groups is 1. The summed E-state index contributed by atoms with van der Waals surface area (Å²) in [5.74, 6) is -0.191. The fourth-order valence-electron chi connectivity index (χ4n) is 2.53. The second-order valence-electron chi connectivity index (χ2n) is 5.21. The van der Waals surface area contributed by atoms with Crippen molar-refractivity contribution in [3.8, 4) is 11.3 Å². The molecule has 0 atom stereocenters. The molecule has 24 heavy (non-hydrogen) atoms. The van der Waals surface area contributed by atoms with Crippen LogP contribution in [0.2, 0.25) is 0 Å². The zero-order valence-corrected chi connectivity index (χ0v) is 12.8. The van der Waals surface area contributed by atoms with Gasteiger partial charge in [0, 0.05) is 11.6 Å². The predicted octanol–water partition coefficient (Wildman–Crippen LogP) is 1.18. The molecule has 8 heteroatoms. The second-order valence-corrected chi connectivity index (χ2v) is 5.62. The summed E-state index contributed by atoms with van der Waals surface area (Å²) < 4.78 is 5.68. The molecular formula is C16H9N3O4S. The molecule has 1 fully saturated rings. The van der Waals surface area contributed by atoms with E-state index < -0.39 is 11.8 Å². The number of furan rings is 1. The lowest BCUT2D eigenvalue weighted by molar-refractivity contribution is -0.115. The molecule has 4 rings (SSSR count). The van der Waals surface area contributed by atoms with Crippen LogP contribution in [0.4, 0.5) is 0 Å². The molecule has 1 aromatic carbocycles. The minimum Gasteiger partial charge on any atom is -0.457 e. The zero-order chi connectivity index (χ0) is 16.8. The highest BCUT2D eigenvalue weighted by Crippen LogP contribution is 2.27. The fourth-order valence-corrected chi connectivity index (χ4v) is 2.73. The van der Waals surface area contributed by atoms with Crippen LogP contribution in [0.25, 0.3) is 17.4 Å². The van der Waals surface area contributed by atoms with Gasteiger partial charge in [-0.1, -0.05) is 6.07 Å². The van der Waals surface area contributed by atoms with E-state index in [1.165, 1.54) is 6.08 Å². The van der Waals surface area contributed by atoms with Crippen molar-refractivity contribution >= 4 is 41.1 Å². The SMILES string of the molecule is O=C1NC(=S)NC1=Cc1ccc(-c2ccc3c(c2)C(=O)NC3=O)o1. The van der Waals surface area contributed by atoms with Gasteiger partial charge < -0.3 is 9.73 Å². The molecule has 7 nitrogen and oxygen atoms in total. The standard InChI is InChI=1S/C16H9N3O4S/c20-13-9-3-1-7(5-10(9)14(21)18-13)12-4-2-8(23-12)6-11-15(22)19-16(24)17-11/h1-6H,(H,18,20,21)(H2,17,19,22,24). The molecule has 2 aromatic rings. The largest absolute Gasteiger partial charge is 0.457 e. The van der Waals surface area contributed by atoms with E-state index in [4.69, 9.17) is 16.6 Å². The molecule has 0 bridgehead atoms. The fraction of sp³-hybridized carbons (Fsp3) is 0. The Bertz CT molecular complexity index is 973. The topological polar surface area (TPSA) is 100 Å². The van der Waals surface area contributed by atoms with Crippen LogP contribution in [0.15, 0.2) is 40.4 Å². The van der Waals surface area contributed by atoms with Crippen molar-refractivity contribution in [2.45, 2.75) is 0 Å². The van der Waals surface area contributed by atoms with Crippen molar-refractivity contribution in [1.82, 2.24) is 16.0 Å². The van der Waals surface area contributed by atoms with E-state index in [9.17, 15) is 14.4 Å². The first kappa shape index (κ1) is 14.3. The van der Waals surface area contributed by atoms with Crippen LogP contribution in [0.5, 0.6) is 0 Å². The number of rotatable bonds is 2. The molecule has 1 aromatic heterocycles. The van der Waals surface area contributed by atoms with Gasteiger partial charge in [-0.2, -0.15) is 0 Å². The van der Waals surface area contributed by atoms with Gasteiger partial charge in [-0.15, -0.1) is 0 Å². The number of carbonyl (C=O) groups is 3. The maximum Gasteiger partial charge on any atom is 0.274 e. The van der Waals surface area contributed by atoms with Gasteiger partial charge in [-0.25, -0.2) is 0 Å². The Morgan fingerprint density at radius 3 is 2.42 bits per heavy atom. The Kier molecular flexibility index (Phi) is 3.07. The first-order chi connectivity index (χ1) is 11.5. The normalized spacial score (nSPS) is 17.8. The van der Waals surface area contributed by atoms with Gasteiger partial charge in [0.25, 0.3) is 17.7 Å². The molecule has 0 radical (unpaired) electrons. The highest BCUT2D eigenvalue weighted by molar-refractivity contribution is 7.80. The molecule has 2 aliphatic rings. The average Bonchev–Trinajstić information content (AvgIpc) is 3.20. The predicted molar refractivity (Wildman–Crippen MR) is 87.8 cm³/mol. The number of hydrogen-bond acceptors (Lipinski definition) is 5. The summed E-state index contributed by atoms with van der Waals surface area (Å²) in [6.45, 7) is 0. The van der Waals surface area contributed by atoms with E-state index in [0.29, 0.717) is 33.9 Å². The molecule has 0 spiro atoms. The summed E-state index contributed by atoms with van der Waals surface area (Å²) in [5.41, 5.74) is 1.61. The quantitative estimate of drug-likeness (QED) is 0.431. The highest BCUT2D eigenvalue weighted by atomic mass is 32.1. The lowest BCUT2D eigenvalue weighted by Gasteiger charge is -1.99. The number of carbonyl (C=O) groups excluding carboxylic acids is 3. The lowest BCUT2D eigenvalue weighted by atomic mass is 10.0. The first-order valence-corrected chi connectivity index (χ1v) is 7.36. The van der Waals surface area contributed by atoms with Crippen molar-refractivity contribution in [3.63, 3.8) is 0 Å². The molecule has 1 saturated heterocycles.